The Morgan fingerprint density at radius 1 is 1.00 bits per heavy atom. The predicted octanol–water partition coefficient (Wildman–Crippen LogP) is 6.18. The van der Waals surface area contributed by atoms with Gasteiger partial charge in [0.15, 0.2) is 11.2 Å². The number of anilines is 1. The molecule has 31 heavy (non-hydrogen) atoms. The number of halogens is 1. The van der Waals surface area contributed by atoms with Gasteiger partial charge in [0.2, 0.25) is 0 Å². The third-order valence-electron chi connectivity index (χ3n) is 5.00. The number of benzene rings is 3. The number of ketones is 1. The first kappa shape index (κ1) is 20.6. The molecule has 0 amide bonds. The summed E-state index contributed by atoms with van der Waals surface area (Å²) < 4.78 is 5.63. The largest absolute Gasteiger partial charge is 0.464 e. The van der Waals surface area contributed by atoms with Crippen molar-refractivity contribution in [3.8, 4) is 0 Å². The van der Waals surface area contributed by atoms with E-state index in [1.54, 1.807) is 48.7 Å². The molecular weight excluding hydrogens is 410 g/mol. The second kappa shape index (κ2) is 9.02. The van der Waals surface area contributed by atoms with Gasteiger partial charge >= 0.3 is 0 Å². The molecule has 0 saturated carbocycles. The topological polar surface area (TPSA) is 59.3 Å². The molecule has 3 aromatic carbocycles. The molecular formula is C26H20ClNO3. The van der Waals surface area contributed by atoms with Gasteiger partial charge in [-0.3, -0.25) is 9.59 Å². The molecule has 0 aliphatic rings. The van der Waals surface area contributed by atoms with E-state index >= 15 is 0 Å². The minimum Gasteiger partial charge on any atom is -0.464 e. The van der Waals surface area contributed by atoms with E-state index in [1.807, 2.05) is 37.3 Å². The molecule has 1 N–H and O–H groups in total. The highest BCUT2D eigenvalue weighted by Gasteiger charge is 2.16. The normalized spacial score (nSPS) is 11.5. The van der Waals surface area contributed by atoms with Gasteiger partial charge in [-0.2, -0.15) is 0 Å². The monoisotopic (exact) mass is 429 g/mol. The van der Waals surface area contributed by atoms with Crippen LogP contribution in [-0.2, 0) is 6.42 Å². The van der Waals surface area contributed by atoms with E-state index in [-0.39, 0.29) is 17.6 Å². The van der Waals surface area contributed by atoms with Gasteiger partial charge < -0.3 is 9.73 Å². The van der Waals surface area contributed by atoms with Crippen LogP contribution in [0.3, 0.4) is 0 Å². The Bertz CT molecular complexity index is 1320. The Labute approximate surface area is 184 Å². The summed E-state index contributed by atoms with van der Waals surface area (Å²) in [5.41, 5.74) is 3.70. The molecule has 5 heteroatoms. The minimum atomic E-state index is -0.191. The number of nitrogens with one attached hydrogen (secondary N) is 1. The number of fused-ring (bicyclic) bond motifs is 1. The molecule has 0 atom stereocenters. The Hall–Kier alpha value is -3.63. The van der Waals surface area contributed by atoms with Crippen LogP contribution < -0.4 is 10.7 Å². The Morgan fingerprint density at radius 3 is 2.45 bits per heavy atom. The molecule has 0 spiro atoms. The number of hydrogen-bond donors (Lipinski definition) is 1. The van der Waals surface area contributed by atoms with Crippen molar-refractivity contribution >= 4 is 34.0 Å². The van der Waals surface area contributed by atoms with E-state index in [0.29, 0.717) is 32.7 Å². The highest BCUT2D eigenvalue weighted by Crippen LogP contribution is 2.19. The van der Waals surface area contributed by atoms with E-state index in [4.69, 9.17) is 16.0 Å². The van der Waals surface area contributed by atoms with Crippen LogP contribution >= 0.6 is 11.6 Å². The maximum absolute atomic E-state index is 13.2. The molecule has 4 nitrogen and oxygen atoms in total. The smallest absolute Gasteiger partial charge is 0.196 e. The highest BCUT2D eigenvalue weighted by molar-refractivity contribution is 6.30. The van der Waals surface area contributed by atoms with E-state index in [9.17, 15) is 9.59 Å². The SMILES string of the molecule is Cc1ccc(N/C=C(\Cc2coc3ccccc3c2=O)C(=O)c2ccc(Cl)cc2)cc1. The molecule has 4 rings (SSSR count). The summed E-state index contributed by atoms with van der Waals surface area (Å²) in [6.45, 7) is 2.01. The van der Waals surface area contributed by atoms with Crippen LogP contribution in [0.4, 0.5) is 5.69 Å². The minimum absolute atomic E-state index is 0.132. The number of carbonyl (C=O) groups excluding carboxylic acids is 1. The van der Waals surface area contributed by atoms with Gasteiger partial charge in [0.05, 0.1) is 11.6 Å². The van der Waals surface area contributed by atoms with E-state index in [2.05, 4.69) is 5.32 Å². The van der Waals surface area contributed by atoms with E-state index in [1.165, 1.54) is 6.26 Å². The van der Waals surface area contributed by atoms with Gasteiger partial charge in [0, 0.05) is 40.0 Å². The van der Waals surface area contributed by atoms with Crippen LogP contribution in [0.25, 0.3) is 11.0 Å². The van der Waals surface area contributed by atoms with Crippen molar-refractivity contribution in [2.75, 3.05) is 5.32 Å². The molecule has 1 aromatic heterocycles. The summed E-state index contributed by atoms with van der Waals surface area (Å²) in [6.07, 6.45) is 3.21. The summed E-state index contributed by atoms with van der Waals surface area (Å²) >= 11 is 5.96. The van der Waals surface area contributed by atoms with Crippen LogP contribution in [0.15, 0.2) is 100 Å². The van der Waals surface area contributed by atoms with Gasteiger partial charge in [-0.25, -0.2) is 0 Å². The number of Topliss-reactive ketones (excluding diaryl/α,β-unsaturated/α-hetero) is 1. The predicted molar refractivity (Wildman–Crippen MR) is 125 cm³/mol. The van der Waals surface area contributed by atoms with Crippen molar-refractivity contribution in [2.45, 2.75) is 13.3 Å². The molecule has 154 valence electrons. The number of aryl methyl sites for hydroxylation is 1. The fourth-order valence-corrected chi connectivity index (χ4v) is 3.37. The summed E-state index contributed by atoms with van der Waals surface area (Å²) in [4.78, 5) is 26.2. The van der Waals surface area contributed by atoms with Gasteiger partial charge in [-0.15, -0.1) is 0 Å². The third-order valence-corrected chi connectivity index (χ3v) is 5.25. The summed E-state index contributed by atoms with van der Waals surface area (Å²) in [5, 5.41) is 4.21. The van der Waals surface area contributed by atoms with Crippen LogP contribution in [0, 0.1) is 6.92 Å². The van der Waals surface area contributed by atoms with Crippen molar-refractivity contribution in [1.82, 2.24) is 0 Å². The molecule has 0 aliphatic carbocycles. The maximum atomic E-state index is 13.2. The van der Waals surface area contributed by atoms with E-state index in [0.717, 1.165) is 11.3 Å². The van der Waals surface area contributed by atoms with Gasteiger partial charge in [0.1, 0.15) is 5.58 Å². The quantitative estimate of drug-likeness (QED) is 0.294. The fourth-order valence-electron chi connectivity index (χ4n) is 3.25. The van der Waals surface area contributed by atoms with Crippen LogP contribution in [0.1, 0.15) is 21.5 Å². The summed E-state index contributed by atoms with van der Waals surface area (Å²) in [5.74, 6) is -0.191. The van der Waals surface area contributed by atoms with Crippen molar-refractivity contribution in [1.29, 1.82) is 0 Å². The molecule has 0 radical (unpaired) electrons. The average Bonchev–Trinajstić information content (AvgIpc) is 2.79. The molecule has 0 fully saturated rings. The summed E-state index contributed by atoms with van der Waals surface area (Å²) in [6, 6.07) is 21.6. The number of allylic oxidation sites excluding steroid dienone is 1. The first-order valence-electron chi connectivity index (χ1n) is 9.83. The van der Waals surface area contributed by atoms with Crippen molar-refractivity contribution in [3.05, 3.63) is 123 Å². The first-order valence-corrected chi connectivity index (χ1v) is 10.2. The van der Waals surface area contributed by atoms with Crippen LogP contribution in [0.2, 0.25) is 5.02 Å². The van der Waals surface area contributed by atoms with Crippen LogP contribution in [0.5, 0.6) is 0 Å². The zero-order chi connectivity index (χ0) is 21.8. The molecule has 0 aliphatic heterocycles. The van der Waals surface area contributed by atoms with Crippen LogP contribution in [-0.4, -0.2) is 5.78 Å². The Balaban J connectivity index is 1.71. The van der Waals surface area contributed by atoms with E-state index < -0.39 is 0 Å². The van der Waals surface area contributed by atoms with Gasteiger partial charge in [-0.05, 0) is 55.5 Å². The second-order valence-corrected chi connectivity index (χ2v) is 7.72. The first-order chi connectivity index (χ1) is 15.0. The lowest BCUT2D eigenvalue weighted by atomic mass is 9.98. The number of para-hydroxylation sites is 1. The zero-order valence-electron chi connectivity index (χ0n) is 16.9. The molecule has 4 aromatic rings. The lowest BCUT2D eigenvalue weighted by Gasteiger charge is -2.09. The lowest BCUT2D eigenvalue weighted by molar-refractivity contribution is 0.103. The van der Waals surface area contributed by atoms with Crippen molar-refractivity contribution < 1.29 is 9.21 Å². The van der Waals surface area contributed by atoms with Crippen molar-refractivity contribution in [3.63, 3.8) is 0 Å². The second-order valence-electron chi connectivity index (χ2n) is 7.28. The highest BCUT2D eigenvalue weighted by atomic mass is 35.5. The molecule has 0 bridgehead atoms. The van der Waals surface area contributed by atoms with Gasteiger partial charge in [-0.1, -0.05) is 41.4 Å². The molecule has 0 saturated heterocycles. The average molecular weight is 430 g/mol. The fraction of sp³-hybridized carbons (Fsp3) is 0.0769. The number of carbonyl (C=O) groups is 1. The van der Waals surface area contributed by atoms with Gasteiger partial charge in [0.25, 0.3) is 0 Å². The lowest BCUT2D eigenvalue weighted by Crippen LogP contribution is -2.14. The number of hydrogen-bond acceptors (Lipinski definition) is 4. The number of rotatable bonds is 6. The standard InChI is InChI=1S/C26H20ClNO3/c1-17-6-12-22(13-7-17)28-15-19(25(29)18-8-10-21(27)11-9-18)14-20-16-31-24-5-3-2-4-23(24)26(20)30/h2-13,15-16,28H,14H2,1H3/b19-15+. The molecule has 0 unspecified atom stereocenters. The Kier molecular flexibility index (Phi) is 6.01. The zero-order valence-corrected chi connectivity index (χ0v) is 17.6. The van der Waals surface area contributed by atoms with Crippen molar-refractivity contribution in [2.24, 2.45) is 0 Å². The maximum Gasteiger partial charge on any atom is 0.196 e. The third kappa shape index (κ3) is 4.76. The molecule has 1 heterocycles. The summed E-state index contributed by atoms with van der Waals surface area (Å²) in [7, 11) is 0. The Morgan fingerprint density at radius 2 is 1.71 bits per heavy atom.